The van der Waals surface area contributed by atoms with E-state index in [2.05, 4.69) is 197 Å². The lowest BCUT2D eigenvalue weighted by atomic mass is 9.93. The minimum absolute atomic E-state index is 0.982. The Balaban J connectivity index is 1.15. The van der Waals surface area contributed by atoms with Crippen molar-refractivity contribution < 1.29 is 0 Å². The van der Waals surface area contributed by atoms with Crippen LogP contribution in [0.4, 0.5) is 0 Å². The second-order valence-corrected chi connectivity index (χ2v) is 15.9. The number of benzene rings is 9. The number of pyridine rings is 3. The van der Waals surface area contributed by atoms with Gasteiger partial charge in [-0.15, -0.1) is 0 Å². The number of para-hydroxylation sites is 2. The van der Waals surface area contributed by atoms with Gasteiger partial charge in [-0.2, -0.15) is 0 Å². The molecule has 0 radical (unpaired) electrons. The van der Waals surface area contributed by atoms with Gasteiger partial charge in [0.25, 0.3) is 0 Å². The highest BCUT2D eigenvalue weighted by Gasteiger charge is 2.22. The van der Waals surface area contributed by atoms with Crippen LogP contribution in [-0.4, -0.2) is 13.8 Å². The highest BCUT2D eigenvalue weighted by Crippen LogP contribution is 2.46. The Labute approximate surface area is 331 Å². The van der Waals surface area contributed by atoms with Gasteiger partial charge < -0.3 is 4.40 Å². The molecule has 3 heteroatoms. The Morgan fingerprint density at radius 2 is 0.879 bits per heavy atom. The molecule has 0 spiro atoms. The van der Waals surface area contributed by atoms with Crippen molar-refractivity contribution in [2.75, 3.05) is 0 Å². The number of hydrogen-bond donors (Lipinski definition) is 0. The molecule has 58 heavy (non-hydrogen) atoms. The van der Waals surface area contributed by atoms with Crippen LogP contribution in [0.25, 0.3) is 131 Å². The molecule has 9 aromatic carbocycles. The molecule has 0 aliphatic rings. The maximum atomic E-state index is 5.54. The third-order valence-corrected chi connectivity index (χ3v) is 12.9. The van der Waals surface area contributed by atoms with E-state index < -0.39 is 0 Å². The molecule has 0 atom stereocenters. The van der Waals surface area contributed by atoms with Crippen molar-refractivity contribution in [2.24, 2.45) is 0 Å². The molecule has 0 saturated carbocycles. The summed E-state index contributed by atoms with van der Waals surface area (Å²) >= 11 is 0. The molecule has 14 rings (SSSR count). The fraction of sp³-hybridized carbons (Fsp3) is 0. The average Bonchev–Trinajstić information content (AvgIpc) is 3.85. The predicted octanol–water partition coefficient (Wildman–Crippen LogP) is 14.8. The maximum absolute atomic E-state index is 5.54. The van der Waals surface area contributed by atoms with Gasteiger partial charge in [0.1, 0.15) is 5.65 Å². The summed E-state index contributed by atoms with van der Waals surface area (Å²) in [6, 6.07) is 69.6. The number of nitrogens with zero attached hydrogens (tertiary/aromatic N) is 3. The monoisotopic (exact) mass is 733 g/mol. The van der Waals surface area contributed by atoms with Gasteiger partial charge in [0.15, 0.2) is 0 Å². The van der Waals surface area contributed by atoms with Crippen LogP contribution >= 0.6 is 0 Å². The van der Waals surface area contributed by atoms with Crippen molar-refractivity contribution in [3.63, 3.8) is 0 Å². The molecule has 0 aliphatic heterocycles. The first-order chi connectivity index (χ1) is 28.8. The van der Waals surface area contributed by atoms with Crippen LogP contribution in [0.5, 0.6) is 0 Å². The normalized spacial score (nSPS) is 12.5. The van der Waals surface area contributed by atoms with Crippen LogP contribution < -0.4 is 0 Å². The van der Waals surface area contributed by atoms with E-state index in [1.165, 1.54) is 109 Å². The van der Waals surface area contributed by atoms with Gasteiger partial charge >= 0.3 is 0 Å². The maximum Gasteiger partial charge on any atom is 0.146 e. The molecule has 0 N–H and O–H groups in total. The van der Waals surface area contributed by atoms with E-state index in [1.54, 1.807) is 0 Å². The molecule has 266 valence electrons. The fourth-order valence-corrected chi connectivity index (χ4v) is 10.4. The second-order valence-electron chi connectivity index (χ2n) is 15.9. The zero-order valence-electron chi connectivity index (χ0n) is 31.2. The Hall–Kier alpha value is -7.75. The van der Waals surface area contributed by atoms with E-state index in [9.17, 15) is 0 Å². The SMILES string of the molecule is c1ccc2cc3c(cc2c1)c1c2ccccc2ccc1c1c(-c2ccc4nc5c(cc4c2)c2c4ccccc4ccc2c2cc4ccccc4n25)c2ccccc2n31. The lowest BCUT2D eigenvalue weighted by molar-refractivity contribution is 1.28. The topological polar surface area (TPSA) is 21.7 Å². The minimum Gasteiger partial charge on any atom is -0.308 e. The van der Waals surface area contributed by atoms with Crippen LogP contribution in [0.1, 0.15) is 0 Å². The molecule has 5 aromatic heterocycles. The van der Waals surface area contributed by atoms with Crippen molar-refractivity contribution in [1.82, 2.24) is 13.8 Å². The Morgan fingerprint density at radius 3 is 1.66 bits per heavy atom. The first kappa shape index (κ1) is 30.5. The number of hydrogen-bond acceptors (Lipinski definition) is 1. The van der Waals surface area contributed by atoms with Gasteiger partial charge in [-0.25, -0.2) is 4.98 Å². The van der Waals surface area contributed by atoms with Gasteiger partial charge in [0.05, 0.1) is 33.1 Å². The third kappa shape index (κ3) is 3.90. The molecule has 14 aromatic rings. The molecule has 0 fully saturated rings. The molecule has 0 saturated heterocycles. The quantitative estimate of drug-likeness (QED) is 0.122. The lowest BCUT2D eigenvalue weighted by Crippen LogP contribution is -1.95. The number of aromatic nitrogens is 3. The van der Waals surface area contributed by atoms with Gasteiger partial charge in [0, 0.05) is 54.0 Å². The molecule has 0 unspecified atom stereocenters. The van der Waals surface area contributed by atoms with E-state index in [1.807, 2.05) is 0 Å². The second kappa shape index (κ2) is 11.0. The summed E-state index contributed by atoms with van der Waals surface area (Å²) in [5.74, 6) is 0. The van der Waals surface area contributed by atoms with Crippen molar-refractivity contribution in [1.29, 1.82) is 0 Å². The van der Waals surface area contributed by atoms with Gasteiger partial charge in [-0.1, -0.05) is 140 Å². The summed E-state index contributed by atoms with van der Waals surface area (Å²) in [6.45, 7) is 0. The van der Waals surface area contributed by atoms with Crippen LogP contribution in [0.15, 0.2) is 188 Å². The Bertz CT molecular complexity index is 4150. The molecule has 3 nitrogen and oxygen atoms in total. The first-order valence-electron chi connectivity index (χ1n) is 20.0. The molecule has 0 amide bonds. The average molecular weight is 734 g/mol. The molecular formula is C55H31N3. The lowest BCUT2D eigenvalue weighted by Gasteiger charge is -2.15. The molecular weight excluding hydrogens is 703 g/mol. The molecule has 5 heterocycles. The Morgan fingerprint density at radius 1 is 0.310 bits per heavy atom. The largest absolute Gasteiger partial charge is 0.308 e. The third-order valence-electron chi connectivity index (χ3n) is 12.9. The predicted molar refractivity (Wildman–Crippen MR) is 247 cm³/mol. The summed E-state index contributed by atoms with van der Waals surface area (Å²) < 4.78 is 4.90. The summed E-state index contributed by atoms with van der Waals surface area (Å²) in [5, 5.41) is 18.5. The smallest absolute Gasteiger partial charge is 0.146 e. The molecule has 0 bridgehead atoms. The highest BCUT2D eigenvalue weighted by molar-refractivity contribution is 6.30. The molecule has 0 aliphatic carbocycles. The van der Waals surface area contributed by atoms with E-state index in [0.717, 1.165) is 21.9 Å². The van der Waals surface area contributed by atoms with Crippen LogP contribution in [-0.2, 0) is 0 Å². The van der Waals surface area contributed by atoms with Gasteiger partial charge in [0.2, 0.25) is 0 Å². The van der Waals surface area contributed by atoms with Crippen LogP contribution in [0.3, 0.4) is 0 Å². The van der Waals surface area contributed by atoms with Gasteiger partial charge in [-0.3, -0.25) is 4.40 Å². The summed E-state index contributed by atoms with van der Waals surface area (Å²) in [5.41, 5.74) is 10.4. The zero-order valence-corrected chi connectivity index (χ0v) is 31.2. The first-order valence-corrected chi connectivity index (χ1v) is 20.0. The Kier molecular flexibility index (Phi) is 5.76. The number of fused-ring (bicyclic) bond motifs is 22. The highest BCUT2D eigenvalue weighted by atomic mass is 15.0. The fourth-order valence-electron chi connectivity index (χ4n) is 10.4. The van der Waals surface area contributed by atoms with Crippen molar-refractivity contribution in [3.05, 3.63) is 188 Å². The number of rotatable bonds is 1. The summed E-state index contributed by atoms with van der Waals surface area (Å²) in [4.78, 5) is 5.54. The zero-order chi connectivity index (χ0) is 37.6. The summed E-state index contributed by atoms with van der Waals surface area (Å²) in [6.07, 6.45) is 0. The van der Waals surface area contributed by atoms with Crippen molar-refractivity contribution >= 4 is 120 Å². The summed E-state index contributed by atoms with van der Waals surface area (Å²) in [7, 11) is 0. The van der Waals surface area contributed by atoms with Crippen molar-refractivity contribution in [2.45, 2.75) is 0 Å². The van der Waals surface area contributed by atoms with Gasteiger partial charge in [-0.05, 0) is 86.4 Å². The minimum atomic E-state index is 0.982. The van der Waals surface area contributed by atoms with Crippen LogP contribution in [0.2, 0.25) is 0 Å². The van der Waals surface area contributed by atoms with Crippen molar-refractivity contribution in [3.8, 4) is 11.1 Å². The van der Waals surface area contributed by atoms with E-state index in [0.29, 0.717) is 0 Å². The van der Waals surface area contributed by atoms with E-state index in [4.69, 9.17) is 4.98 Å². The standard InChI is InChI=1S/C55H31N3/c1-2-14-35-30-50-44(28-34(35)13-1)53-40-17-7-4-12-33(40)22-25-43(53)54-51(41-18-8-10-20-48(41)57(50)54)37-23-26-46-38(27-37)29-45-52-39-16-6-3-11-32(39)21-24-42(52)49-31-36-15-5-9-19-47(36)58(49)55(45)56-46/h1-31H. The van der Waals surface area contributed by atoms with Crippen LogP contribution in [0, 0.1) is 0 Å². The van der Waals surface area contributed by atoms with E-state index in [-0.39, 0.29) is 0 Å². The van der Waals surface area contributed by atoms with E-state index >= 15 is 0 Å².